The molecule has 0 aromatic heterocycles. The predicted octanol–water partition coefficient (Wildman–Crippen LogP) is 2.78. The van der Waals surface area contributed by atoms with Crippen molar-refractivity contribution < 1.29 is 13.2 Å². The van der Waals surface area contributed by atoms with Crippen LogP contribution < -0.4 is 5.32 Å². The van der Waals surface area contributed by atoms with Crippen LogP contribution in [0.1, 0.15) is 38.2 Å². The molecular formula is C17H26N2O3S. The molecule has 0 spiro atoms. The summed E-state index contributed by atoms with van der Waals surface area (Å²) < 4.78 is 26.1. The summed E-state index contributed by atoms with van der Waals surface area (Å²) in [5.74, 6) is -0.193. The summed E-state index contributed by atoms with van der Waals surface area (Å²) in [4.78, 5) is 12.4. The molecule has 1 aromatic carbocycles. The second-order valence-electron chi connectivity index (χ2n) is 6.22. The number of rotatable bonds is 6. The SMILES string of the molecule is CCCCS(=O)(=O)N1CCC[C@H](C(=O)Nc2ccc(C)cc2)C1. The van der Waals surface area contributed by atoms with Crippen LogP contribution >= 0.6 is 0 Å². The molecule has 1 atom stereocenters. The average molecular weight is 338 g/mol. The maximum atomic E-state index is 12.4. The molecule has 1 saturated heterocycles. The number of amides is 1. The molecule has 0 radical (unpaired) electrons. The molecule has 5 nitrogen and oxygen atoms in total. The molecule has 0 aliphatic carbocycles. The van der Waals surface area contributed by atoms with Gasteiger partial charge in [-0.15, -0.1) is 0 Å². The molecule has 1 heterocycles. The lowest BCUT2D eigenvalue weighted by Gasteiger charge is -2.31. The summed E-state index contributed by atoms with van der Waals surface area (Å²) in [5.41, 5.74) is 1.89. The van der Waals surface area contributed by atoms with Gasteiger partial charge in [-0.3, -0.25) is 4.79 Å². The maximum Gasteiger partial charge on any atom is 0.228 e. The van der Waals surface area contributed by atoms with E-state index in [0.29, 0.717) is 19.5 Å². The zero-order valence-electron chi connectivity index (χ0n) is 13.9. The number of nitrogens with one attached hydrogen (secondary N) is 1. The van der Waals surface area contributed by atoms with Gasteiger partial charge in [-0.25, -0.2) is 12.7 Å². The van der Waals surface area contributed by atoms with Crippen LogP contribution in [-0.4, -0.2) is 37.5 Å². The highest BCUT2D eigenvalue weighted by molar-refractivity contribution is 7.89. The Balaban J connectivity index is 1.97. The third kappa shape index (κ3) is 5.04. The molecule has 128 valence electrons. The molecule has 23 heavy (non-hydrogen) atoms. The number of piperidine rings is 1. The van der Waals surface area contributed by atoms with Crippen molar-refractivity contribution in [1.82, 2.24) is 4.31 Å². The van der Waals surface area contributed by atoms with Crippen molar-refractivity contribution in [2.75, 3.05) is 24.2 Å². The standard InChI is InChI=1S/C17H26N2O3S/c1-3-4-12-23(21,22)19-11-5-6-15(13-19)17(20)18-16-9-7-14(2)8-10-16/h7-10,15H,3-6,11-13H2,1-2H3,(H,18,20)/t15-/m0/s1. The molecule has 1 aromatic rings. The molecular weight excluding hydrogens is 312 g/mol. The van der Waals surface area contributed by atoms with E-state index in [-0.39, 0.29) is 17.6 Å². The lowest BCUT2D eigenvalue weighted by molar-refractivity contribution is -0.120. The Bertz CT molecular complexity index is 626. The fourth-order valence-electron chi connectivity index (χ4n) is 2.75. The Hall–Kier alpha value is -1.40. The van der Waals surface area contributed by atoms with E-state index in [4.69, 9.17) is 0 Å². The number of hydrogen-bond donors (Lipinski definition) is 1. The Kier molecular flexibility index (Phi) is 6.18. The largest absolute Gasteiger partial charge is 0.326 e. The summed E-state index contributed by atoms with van der Waals surface area (Å²) in [7, 11) is -3.24. The predicted molar refractivity (Wildman–Crippen MR) is 92.8 cm³/mol. The highest BCUT2D eigenvalue weighted by Gasteiger charge is 2.31. The summed E-state index contributed by atoms with van der Waals surface area (Å²) in [6, 6.07) is 7.62. The van der Waals surface area contributed by atoms with E-state index in [1.165, 1.54) is 4.31 Å². The lowest BCUT2D eigenvalue weighted by Crippen LogP contribution is -2.44. The molecule has 1 amide bonds. The lowest BCUT2D eigenvalue weighted by atomic mass is 9.98. The number of aryl methyl sites for hydroxylation is 1. The van der Waals surface area contributed by atoms with Gasteiger partial charge in [0.05, 0.1) is 11.7 Å². The van der Waals surface area contributed by atoms with Crippen molar-refractivity contribution in [3.63, 3.8) is 0 Å². The van der Waals surface area contributed by atoms with Crippen molar-refractivity contribution in [3.8, 4) is 0 Å². The van der Waals surface area contributed by atoms with Gasteiger partial charge in [0, 0.05) is 18.8 Å². The summed E-state index contributed by atoms with van der Waals surface area (Å²) in [6.07, 6.45) is 2.98. The maximum absolute atomic E-state index is 12.4. The number of carbonyl (C=O) groups is 1. The number of sulfonamides is 1. The Labute approximate surface area is 139 Å². The molecule has 1 fully saturated rings. The van der Waals surface area contributed by atoms with Gasteiger partial charge in [-0.1, -0.05) is 31.0 Å². The monoisotopic (exact) mass is 338 g/mol. The third-order valence-electron chi connectivity index (χ3n) is 4.22. The van der Waals surface area contributed by atoms with Gasteiger partial charge >= 0.3 is 0 Å². The fraction of sp³-hybridized carbons (Fsp3) is 0.588. The Morgan fingerprint density at radius 1 is 1.30 bits per heavy atom. The zero-order valence-corrected chi connectivity index (χ0v) is 14.7. The van der Waals surface area contributed by atoms with Gasteiger partial charge in [-0.05, 0) is 38.3 Å². The Morgan fingerprint density at radius 3 is 2.65 bits per heavy atom. The van der Waals surface area contributed by atoms with Crippen LogP contribution in [-0.2, 0) is 14.8 Å². The van der Waals surface area contributed by atoms with E-state index in [1.807, 2.05) is 38.1 Å². The topological polar surface area (TPSA) is 66.5 Å². The van der Waals surface area contributed by atoms with Crippen molar-refractivity contribution in [2.24, 2.45) is 5.92 Å². The van der Waals surface area contributed by atoms with E-state index in [2.05, 4.69) is 5.32 Å². The van der Waals surface area contributed by atoms with E-state index in [1.54, 1.807) is 0 Å². The highest BCUT2D eigenvalue weighted by atomic mass is 32.2. The van der Waals surface area contributed by atoms with Crippen LogP contribution in [0.5, 0.6) is 0 Å². The van der Waals surface area contributed by atoms with Crippen LogP contribution in [0.15, 0.2) is 24.3 Å². The molecule has 0 unspecified atom stereocenters. The van der Waals surface area contributed by atoms with Gasteiger partial charge < -0.3 is 5.32 Å². The highest BCUT2D eigenvalue weighted by Crippen LogP contribution is 2.22. The number of carbonyl (C=O) groups excluding carboxylic acids is 1. The fourth-order valence-corrected chi connectivity index (χ4v) is 4.47. The summed E-state index contributed by atoms with van der Waals surface area (Å²) in [6.45, 7) is 4.79. The molecule has 1 aliphatic heterocycles. The van der Waals surface area contributed by atoms with Gasteiger partial charge in [0.2, 0.25) is 15.9 Å². The van der Waals surface area contributed by atoms with Crippen LogP contribution in [0.4, 0.5) is 5.69 Å². The second-order valence-corrected chi connectivity index (χ2v) is 8.31. The number of hydrogen-bond acceptors (Lipinski definition) is 3. The molecule has 6 heteroatoms. The quantitative estimate of drug-likeness (QED) is 0.867. The molecule has 1 N–H and O–H groups in total. The van der Waals surface area contributed by atoms with Gasteiger partial charge in [0.1, 0.15) is 0 Å². The normalized spacial score (nSPS) is 19.5. The van der Waals surface area contributed by atoms with Crippen LogP contribution in [0, 0.1) is 12.8 Å². The van der Waals surface area contributed by atoms with Crippen LogP contribution in [0.2, 0.25) is 0 Å². The number of benzene rings is 1. The van der Waals surface area contributed by atoms with E-state index >= 15 is 0 Å². The minimum Gasteiger partial charge on any atom is -0.326 e. The first-order valence-electron chi connectivity index (χ1n) is 8.27. The number of anilines is 1. The molecule has 0 bridgehead atoms. The van der Waals surface area contributed by atoms with Crippen molar-refractivity contribution in [2.45, 2.75) is 39.5 Å². The molecule has 1 aliphatic rings. The van der Waals surface area contributed by atoms with Gasteiger partial charge in [0.25, 0.3) is 0 Å². The van der Waals surface area contributed by atoms with E-state index in [9.17, 15) is 13.2 Å². The van der Waals surface area contributed by atoms with Crippen molar-refractivity contribution >= 4 is 21.6 Å². The number of unbranched alkanes of at least 4 members (excludes halogenated alkanes) is 1. The second kappa shape index (κ2) is 7.93. The average Bonchev–Trinajstić information content (AvgIpc) is 2.55. The molecule has 2 rings (SSSR count). The van der Waals surface area contributed by atoms with Gasteiger partial charge in [-0.2, -0.15) is 0 Å². The summed E-state index contributed by atoms with van der Waals surface area (Å²) >= 11 is 0. The van der Waals surface area contributed by atoms with Crippen molar-refractivity contribution in [3.05, 3.63) is 29.8 Å². The first kappa shape index (κ1) is 17.9. The minimum atomic E-state index is -3.24. The van der Waals surface area contributed by atoms with E-state index < -0.39 is 10.0 Å². The number of nitrogens with zero attached hydrogens (tertiary/aromatic N) is 1. The molecule has 0 saturated carbocycles. The van der Waals surface area contributed by atoms with Crippen molar-refractivity contribution in [1.29, 1.82) is 0 Å². The first-order valence-corrected chi connectivity index (χ1v) is 9.88. The van der Waals surface area contributed by atoms with Crippen LogP contribution in [0.3, 0.4) is 0 Å². The minimum absolute atomic E-state index is 0.0933. The first-order chi connectivity index (χ1) is 10.9. The van der Waals surface area contributed by atoms with E-state index in [0.717, 1.165) is 30.5 Å². The Morgan fingerprint density at radius 2 is 2.00 bits per heavy atom. The van der Waals surface area contributed by atoms with Crippen LogP contribution in [0.25, 0.3) is 0 Å². The third-order valence-corrected chi connectivity index (χ3v) is 6.15. The summed E-state index contributed by atoms with van der Waals surface area (Å²) in [5, 5.41) is 2.89. The smallest absolute Gasteiger partial charge is 0.228 e. The zero-order chi connectivity index (χ0) is 16.9. The van der Waals surface area contributed by atoms with Gasteiger partial charge in [0.15, 0.2) is 0 Å².